The average Bonchev–Trinajstić information content (AvgIpc) is 3.48. The highest BCUT2D eigenvalue weighted by atomic mass is 19.1. The Labute approximate surface area is 177 Å². The quantitative estimate of drug-likeness (QED) is 0.452. The van der Waals surface area contributed by atoms with E-state index in [1.165, 1.54) is 18.2 Å². The maximum Gasteiger partial charge on any atom is 0.154 e. The molecule has 1 aromatic carbocycles. The molecule has 0 spiro atoms. The number of phenols is 1. The summed E-state index contributed by atoms with van der Waals surface area (Å²) in [5, 5.41) is 36.1. The van der Waals surface area contributed by atoms with Crippen molar-refractivity contribution in [1.29, 1.82) is 0 Å². The van der Waals surface area contributed by atoms with Crippen molar-refractivity contribution in [3.8, 4) is 17.1 Å². The zero-order valence-electron chi connectivity index (χ0n) is 16.9. The summed E-state index contributed by atoms with van der Waals surface area (Å²) in [5.74, 6) is 0.133. The minimum absolute atomic E-state index is 0.0134. The predicted molar refractivity (Wildman–Crippen MR) is 111 cm³/mol. The number of aliphatic hydroxyl groups excluding tert-OH is 1. The first kappa shape index (κ1) is 19.4. The lowest BCUT2D eigenvalue weighted by Crippen LogP contribution is -2.10. The molecular weight excluding hydrogens is 401 g/mol. The third-order valence-electron chi connectivity index (χ3n) is 5.71. The number of aliphatic hydroxyl groups is 1. The number of fused-ring (bicyclic) bond motifs is 1. The van der Waals surface area contributed by atoms with Crippen molar-refractivity contribution < 1.29 is 14.6 Å². The Balaban J connectivity index is 1.42. The number of imidazole rings is 1. The highest BCUT2D eigenvalue weighted by Crippen LogP contribution is 2.31. The fourth-order valence-electron chi connectivity index (χ4n) is 4.04. The van der Waals surface area contributed by atoms with Crippen molar-refractivity contribution in [1.82, 2.24) is 29.6 Å². The second-order valence-corrected chi connectivity index (χ2v) is 7.91. The number of halogens is 1. The van der Waals surface area contributed by atoms with Crippen LogP contribution in [0.25, 0.3) is 17.0 Å². The van der Waals surface area contributed by atoms with E-state index in [1.807, 2.05) is 19.2 Å². The van der Waals surface area contributed by atoms with E-state index in [0.29, 0.717) is 34.8 Å². The Kier molecular flexibility index (Phi) is 4.78. The number of nitrogens with zero attached hydrogens (tertiary/aromatic N) is 6. The number of anilines is 1. The van der Waals surface area contributed by atoms with Gasteiger partial charge in [0.15, 0.2) is 5.65 Å². The first-order valence-corrected chi connectivity index (χ1v) is 10.2. The first-order valence-electron chi connectivity index (χ1n) is 10.2. The fourth-order valence-corrected chi connectivity index (χ4v) is 4.04. The first-order chi connectivity index (χ1) is 15.0. The number of hydrogen-bond acceptors (Lipinski definition) is 7. The van der Waals surface area contributed by atoms with Crippen molar-refractivity contribution in [2.45, 2.75) is 44.4 Å². The number of aromatic nitrogens is 6. The van der Waals surface area contributed by atoms with Crippen molar-refractivity contribution >= 4 is 11.5 Å². The van der Waals surface area contributed by atoms with Gasteiger partial charge in [-0.15, -0.1) is 10.2 Å². The van der Waals surface area contributed by atoms with Crippen molar-refractivity contribution in [2.24, 2.45) is 0 Å². The molecule has 0 bridgehead atoms. The summed E-state index contributed by atoms with van der Waals surface area (Å²) in [7, 11) is 0. The van der Waals surface area contributed by atoms with Crippen LogP contribution in [-0.4, -0.2) is 45.9 Å². The SMILES string of the molecule is C[C@@H](Nc1ccc2ncc(-c3cn([C@@H]4CC[C@@H](O)C4)nn3)n2n1)c1cc(F)ccc1O. The molecule has 10 heteroatoms. The Morgan fingerprint density at radius 3 is 2.90 bits per heavy atom. The number of rotatable bonds is 5. The predicted octanol–water partition coefficient (Wildman–Crippen LogP) is 3.09. The van der Waals surface area contributed by atoms with Gasteiger partial charge in [0.05, 0.1) is 30.6 Å². The summed E-state index contributed by atoms with van der Waals surface area (Å²) >= 11 is 0. The largest absolute Gasteiger partial charge is 0.508 e. The van der Waals surface area contributed by atoms with Crippen LogP contribution in [0.1, 0.15) is 43.8 Å². The van der Waals surface area contributed by atoms with Gasteiger partial charge in [0.1, 0.15) is 28.8 Å². The number of phenolic OH excluding ortho intramolecular Hbond substituents is 1. The summed E-state index contributed by atoms with van der Waals surface area (Å²) in [6.45, 7) is 1.82. The molecule has 31 heavy (non-hydrogen) atoms. The third kappa shape index (κ3) is 3.70. The normalized spacial score (nSPS) is 19.7. The Bertz CT molecular complexity index is 1240. The molecular formula is C21H22FN7O2. The minimum Gasteiger partial charge on any atom is -0.508 e. The van der Waals surface area contributed by atoms with Crippen LogP contribution in [0.4, 0.5) is 10.2 Å². The van der Waals surface area contributed by atoms with Crippen LogP contribution in [0, 0.1) is 5.82 Å². The number of aromatic hydroxyl groups is 1. The van der Waals surface area contributed by atoms with Crippen LogP contribution in [0.15, 0.2) is 42.7 Å². The van der Waals surface area contributed by atoms with Crippen LogP contribution >= 0.6 is 0 Å². The van der Waals surface area contributed by atoms with Gasteiger partial charge in [-0.3, -0.25) is 0 Å². The summed E-state index contributed by atoms with van der Waals surface area (Å²) in [4.78, 5) is 4.38. The highest BCUT2D eigenvalue weighted by molar-refractivity contribution is 5.59. The van der Waals surface area contributed by atoms with E-state index in [1.54, 1.807) is 21.5 Å². The molecule has 3 N–H and O–H groups in total. The Morgan fingerprint density at radius 1 is 1.23 bits per heavy atom. The number of hydrogen-bond donors (Lipinski definition) is 3. The van der Waals surface area contributed by atoms with Crippen LogP contribution < -0.4 is 5.32 Å². The minimum atomic E-state index is -0.417. The molecule has 4 aromatic rings. The summed E-state index contributed by atoms with van der Waals surface area (Å²) < 4.78 is 17.1. The lowest BCUT2D eigenvalue weighted by atomic mass is 10.1. The van der Waals surface area contributed by atoms with Gasteiger partial charge >= 0.3 is 0 Å². The molecule has 0 amide bonds. The monoisotopic (exact) mass is 423 g/mol. The van der Waals surface area contributed by atoms with E-state index < -0.39 is 5.82 Å². The second-order valence-electron chi connectivity index (χ2n) is 7.91. The lowest BCUT2D eigenvalue weighted by molar-refractivity contribution is 0.177. The van der Waals surface area contributed by atoms with E-state index in [9.17, 15) is 14.6 Å². The molecule has 0 aliphatic heterocycles. The molecule has 1 fully saturated rings. The Hall–Kier alpha value is -3.53. The number of nitrogens with one attached hydrogen (secondary N) is 1. The molecule has 9 nitrogen and oxygen atoms in total. The Morgan fingerprint density at radius 2 is 2.10 bits per heavy atom. The molecule has 160 valence electrons. The molecule has 3 aromatic heterocycles. The zero-order chi connectivity index (χ0) is 21.5. The molecule has 5 rings (SSSR count). The maximum atomic E-state index is 13.6. The molecule has 1 saturated carbocycles. The van der Waals surface area contributed by atoms with Gasteiger partial charge in [-0.25, -0.2) is 18.6 Å². The van der Waals surface area contributed by atoms with Gasteiger partial charge in [0.2, 0.25) is 0 Å². The standard InChI is InChI=1S/C21H22FN7O2/c1-12(16-8-13(22)2-5-19(16)31)24-20-6-7-21-23-10-18(29(21)26-20)17-11-28(27-25-17)14-3-4-15(30)9-14/h2,5-8,10-12,14-15,30-31H,3-4,9H2,1H3,(H,24,26)/t12-,14-,15-/m1/s1. The van der Waals surface area contributed by atoms with Gasteiger partial charge in [-0.1, -0.05) is 5.21 Å². The maximum absolute atomic E-state index is 13.6. The van der Waals surface area contributed by atoms with Gasteiger partial charge in [0.25, 0.3) is 0 Å². The average molecular weight is 423 g/mol. The number of benzene rings is 1. The summed E-state index contributed by atoms with van der Waals surface area (Å²) in [6.07, 6.45) is 5.56. The van der Waals surface area contributed by atoms with Crippen LogP contribution in [-0.2, 0) is 0 Å². The topological polar surface area (TPSA) is 113 Å². The fraction of sp³-hybridized carbons (Fsp3) is 0.333. The molecule has 3 heterocycles. The lowest BCUT2D eigenvalue weighted by Gasteiger charge is -2.16. The zero-order valence-corrected chi connectivity index (χ0v) is 16.9. The van der Waals surface area contributed by atoms with Crippen molar-refractivity contribution in [2.75, 3.05) is 5.32 Å². The van der Waals surface area contributed by atoms with Crippen LogP contribution in [0.3, 0.4) is 0 Å². The van der Waals surface area contributed by atoms with Crippen molar-refractivity contribution in [3.05, 3.63) is 54.1 Å². The second kappa shape index (κ2) is 7.62. The van der Waals surface area contributed by atoms with Crippen LogP contribution in [0.5, 0.6) is 5.75 Å². The molecule has 3 atom stereocenters. The van der Waals surface area contributed by atoms with E-state index in [0.717, 1.165) is 12.8 Å². The molecule has 0 radical (unpaired) electrons. The van der Waals surface area contributed by atoms with Gasteiger partial charge in [-0.05, 0) is 56.5 Å². The van der Waals surface area contributed by atoms with Crippen molar-refractivity contribution in [3.63, 3.8) is 0 Å². The highest BCUT2D eigenvalue weighted by Gasteiger charge is 2.25. The van der Waals surface area contributed by atoms with E-state index in [-0.39, 0.29) is 23.9 Å². The molecule has 1 aliphatic rings. The third-order valence-corrected chi connectivity index (χ3v) is 5.71. The van der Waals surface area contributed by atoms with E-state index >= 15 is 0 Å². The summed E-state index contributed by atoms with van der Waals surface area (Å²) in [6, 6.07) is 7.20. The molecule has 1 aliphatic carbocycles. The van der Waals surface area contributed by atoms with E-state index in [4.69, 9.17) is 0 Å². The molecule has 0 saturated heterocycles. The summed E-state index contributed by atoms with van der Waals surface area (Å²) in [5.41, 5.74) is 2.40. The van der Waals surface area contributed by atoms with Gasteiger partial charge < -0.3 is 15.5 Å². The van der Waals surface area contributed by atoms with E-state index in [2.05, 4.69) is 25.7 Å². The smallest absolute Gasteiger partial charge is 0.154 e. The van der Waals surface area contributed by atoms with Crippen LogP contribution in [0.2, 0.25) is 0 Å². The molecule has 0 unspecified atom stereocenters. The van der Waals surface area contributed by atoms with Gasteiger partial charge in [0, 0.05) is 5.56 Å². The van der Waals surface area contributed by atoms with Gasteiger partial charge in [-0.2, -0.15) is 0 Å².